The second kappa shape index (κ2) is 9.33. The van der Waals surface area contributed by atoms with E-state index in [9.17, 15) is 28.0 Å². The highest BCUT2D eigenvalue weighted by Gasteiger charge is 2.50. The van der Waals surface area contributed by atoms with Gasteiger partial charge in [0.05, 0.1) is 24.0 Å². The van der Waals surface area contributed by atoms with Gasteiger partial charge in [0.1, 0.15) is 22.9 Å². The molecule has 0 bridgehead atoms. The van der Waals surface area contributed by atoms with Crippen LogP contribution in [-0.2, 0) is 22.6 Å². The number of esters is 1. The molecule has 2 aromatic rings. The van der Waals surface area contributed by atoms with E-state index in [1.165, 1.54) is 16.8 Å². The molecule has 1 aromatic carbocycles. The summed E-state index contributed by atoms with van der Waals surface area (Å²) in [6, 6.07) is 2.92. The fourth-order valence-corrected chi connectivity index (χ4v) is 4.40. The van der Waals surface area contributed by atoms with Crippen LogP contribution < -0.4 is 15.5 Å². The zero-order valence-electron chi connectivity index (χ0n) is 19.7. The van der Waals surface area contributed by atoms with Crippen molar-refractivity contribution in [1.82, 2.24) is 9.88 Å². The number of hydrogen-bond donors (Lipinski definition) is 1. The minimum absolute atomic E-state index is 0.0193. The maximum atomic E-state index is 14.0. The lowest BCUT2D eigenvalue weighted by Crippen LogP contribution is -2.52. The molecule has 3 heterocycles. The number of carbonyl (C=O) groups is 3. The fourth-order valence-electron chi connectivity index (χ4n) is 4.40. The molecule has 0 unspecified atom stereocenters. The smallest absolute Gasteiger partial charge is 0.313 e. The number of ketones is 1. The number of benzene rings is 1. The number of amides is 1. The number of aromatic nitrogens is 1. The number of rotatable bonds is 5. The van der Waals surface area contributed by atoms with Crippen LogP contribution in [0.25, 0.3) is 0 Å². The molecule has 186 valence electrons. The molecule has 1 aromatic heterocycles. The van der Waals surface area contributed by atoms with E-state index in [1.807, 2.05) is 0 Å². The Balaban J connectivity index is 1.75. The molecule has 1 N–H and O–H groups in total. The number of ether oxygens (including phenoxy) is 2. The van der Waals surface area contributed by atoms with Crippen molar-refractivity contribution in [3.8, 4) is 5.75 Å². The Morgan fingerprint density at radius 2 is 2.03 bits per heavy atom. The second-order valence-corrected chi connectivity index (χ2v) is 9.41. The Hall–Kier alpha value is -3.40. The molecule has 0 radical (unpaired) electrons. The minimum atomic E-state index is -0.922. The molecule has 4 rings (SSSR count). The van der Waals surface area contributed by atoms with E-state index < -0.39 is 57.9 Å². The normalized spacial score (nSPS) is 21.3. The van der Waals surface area contributed by atoms with Gasteiger partial charge in [-0.05, 0) is 25.8 Å². The lowest BCUT2D eigenvalue weighted by molar-refractivity contribution is -0.137. The van der Waals surface area contributed by atoms with Crippen LogP contribution in [0.3, 0.4) is 0 Å². The van der Waals surface area contributed by atoms with Crippen molar-refractivity contribution < 1.29 is 32.6 Å². The summed E-state index contributed by atoms with van der Waals surface area (Å²) in [5.74, 6) is -4.68. The number of pyridine rings is 1. The van der Waals surface area contributed by atoms with E-state index >= 15 is 0 Å². The van der Waals surface area contributed by atoms with Crippen molar-refractivity contribution in [2.75, 3.05) is 6.61 Å². The molecule has 2 aliphatic rings. The van der Waals surface area contributed by atoms with Crippen molar-refractivity contribution in [3.63, 3.8) is 0 Å². The van der Waals surface area contributed by atoms with Crippen molar-refractivity contribution in [1.29, 1.82) is 0 Å². The van der Waals surface area contributed by atoms with Gasteiger partial charge in [0.2, 0.25) is 11.2 Å². The van der Waals surface area contributed by atoms with Gasteiger partial charge in [-0.2, -0.15) is 0 Å². The Morgan fingerprint density at radius 3 is 2.71 bits per heavy atom. The van der Waals surface area contributed by atoms with Crippen molar-refractivity contribution >= 4 is 17.7 Å². The summed E-state index contributed by atoms with van der Waals surface area (Å²) in [4.78, 5) is 52.2. The summed E-state index contributed by atoms with van der Waals surface area (Å²) in [6.07, 6.45) is 1.98. The highest BCUT2D eigenvalue weighted by atomic mass is 19.1. The van der Waals surface area contributed by atoms with Gasteiger partial charge in [0.15, 0.2) is 5.78 Å². The average Bonchev–Trinajstić information content (AvgIpc) is 2.80. The first-order valence-corrected chi connectivity index (χ1v) is 11.4. The van der Waals surface area contributed by atoms with Crippen molar-refractivity contribution in [2.45, 2.75) is 52.8 Å². The maximum Gasteiger partial charge on any atom is 0.313 e. The van der Waals surface area contributed by atoms with Crippen LogP contribution in [0.5, 0.6) is 5.75 Å². The summed E-state index contributed by atoms with van der Waals surface area (Å²) >= 11 is 0. The first-order chi connectivity index (χ1) is 16.5. The first kappa shape index (κ1) is 24.7. The lowest BCUT2D eigenvalue weighted by Gasteiger charge is -2.44. The van der Waals surface area contributed by atoms with Crippen LogP contribution in [-0.4, -0.2) is 34.9 Å². The Morgan fingerprint density at radius 1 is 1.29 bits per heavy atom. The van der Waals surface area contributed by atoms with Crippen LogP contribution in [0.1, 0.15) is 60.0 Å². The van der Waals surface area contributed by atoms with Gasteiger partial charge >= 0.3 is 5.97 Å². The number of fused-ring (bicyclic) bond motifs is 2. The quantitative estimate of drug-likeness (QED) is 0.649. The van der Waals surface area contributed by atoms with E-state index in [0.29, 0.717) is 25.5 Å². The van der Waals surface area contributed by atoms with Gasteiger partial charge in [-0.1, -0.05) is 19.9 Å². The Bertz CT molecular complexity index is 1270. The van der Waals surface area contributed by atoms with Crippen molar-refractivity contribution in [2.24, 2.45) is 11.3 Å². The minimum Gasteiger partial charge on any atom is -0.420 e. The monoisotopic (exact) mass is 488 g/mol. The van der Waals surface area contributed by atoms with Crippen molar-refractivity contribution in [3.05, 3.63) is 63.1 Å². The number of Topliss-reactive ketones (excluding diaryl/α,β-unsaturated/α-hetero) is 1. The first-order valence-electron chi connectivity index (χ1n) is 11.4. The van der Waals surface area contributed by atoms with Gasteiger partial charge in [-0.3, -0.25) is 19.2 Å². The standard InChI is InChI=1S/C25H26F2N2O6/c1-13(2)24(33)35-21-19-22(31)25(3)7-4-8-34-18(25)12-29(19)11-16(20(21)30)23(32)28-10-14-5-6-15(26)9-17(14)27/h5-6,9,11,13,18H,4,7-8,10,12H2,1-3H3,(H,28,32)/t18-,25-/m0/s1. The lowest BCUT2D eigenvalue weighted by atomic mass is 9.71. The predicted octanol–water partition coefficient (Wildman–Crippen LogP) is 3.00. The summed E-state index contributed by atoms with van der Waals surface area (Å²) in [5.41, 5.74) is -2.25. The molecule has 1 amide bonds. The largest absolute Gasteiger partial charge is 0.420 e. The van der Waals surface area contributed by atoms with Gasteiger partial charge in [-0.25, -0.2) is 8.78 Å². The second-order valence-electron chi connectivity index (χ2n) is 9.41. The maximum absolute atomic E-state index is 14.0. The van der Waals surface area contributed by atoms with Gasteiger partial charge in [0.25, 0.3) is 5.91 Å². The van der Waals surface area contributed by atoms with Crippen LogP contribution in [0, 0.1) is 23.0 Å². The van der Waals surface area contributed by atoms with Gasteiger partial charge in [0, 0.05) is 31.0 Å². The molecule has 0 aliphatic carbocycles. The number of hydrogen-bond acceptors (Lipinski definition) is 6. The topological polar surface area (TPSA) is 104 Å². The van der Waals surface area contributed by atoms with E-state index in [2.05, 4.69) is 5.32 Å². The Kier molecular flexibility index (Phi) is 6.59. The molecule has 0 spiro atoms. The SMILES string of the molecule is CC(C)C(=O)Oc1c2n(cc(C(=O)NCc3ccc(F)cc3F)c1=O)C[C@@H]1OCCC[C@]1(C)C2=O. The third kappa shape index (κ3) is 4.50. The third-order valence-corrected chi connectivity index (χ3v) is 6.58. The summed E-state index contributed by atoms with van der Waals surface area (Å²) < 4.78 is 39.7. The van der Waals surface area contributed by atoms with Gasteiger partial charge in [-0.15, -0.1) is 0 Å². The number of halogens is 2. The molecule has 10 heteroatoms. The highest BCUT2D eigenvalue weighted by molar-refractivity contribution is 6.04. The average molecular weight is 488 g/mol. The van der Waals surface area contributed by atoms with E-state index in [0.717, 1.165) is 6.07 Å². The molecule has 2 atom stereocenters. The summed E-state index contributed by atoms with van der Waals surface area (Å²) in [5, 5.41) is 2.43. The van der Waals surface area contributed by atoms with E-state index in [-0.39, 0.29) is 29.9 Å². The van der Waals surface area contributed by atoms with Crippen LogP contribution in [0.4, 0.5) is 8.78 Å². The molecule has 1 saturated heterocycles. The van der Waals surface area contributed by atoms with Crippen LogP contribution >= 0.6 is 0 Å². The number of carbonyl (C=O) groups excluding carboxylic acids is 3. The zero-order valence-corrected chi connectivity index (χ0v) is 19.7. The molecule has 35 heavy (non-hydrogen) atoms. The summed E-state index contributed by atoms with van der Waals surface area (Å²) in [6.45, 7) is 5.27. The predicted molar refractivity (Wildman–Crippen MR) is 120 cm³/mol. The van der Waals surface area contributed by atoms with Gasteiger partial charge < -0.3 is 19.4 Å². The van der Waals surface area contributed by atoms with Crippen LogP contribution in [0.15, 0.2) is 29.2 Å². The van der Waals surface area contributed by atoms with E-state index in [1.54, 1.807) is 20.8 Å². The van der Waals surface area contributed by atoms with E-state index in [4.69, 9.17) is 9.47 Å². The molecule has 1 fully saturated rings. The molecular weight excluding hydrogens is 462 g/mol. The summed E-state index contributed by atoms with van der Waals surface area (Å²) in [7, 11) is 0. The zero-order chi connectivity index (χ0) is 25.5. The molecule has 2 aliphatic heterocycles. The molecular formula is C25H26F2N2O6. The number of nitrogens with one attached hydrogen (secondary N) is 1. The molecule has 8 nitrogen and oxygen atoms in total. The number of nitrogens with zero attached hydrogens (tertiary/aromatic N) is 1. The third-order valence-electron chi connectivity index (χ3n) is 6.58. The Labute approximate surface area is 200 Å². The molecule has 0 saturated carbocycles. The van der Waals surface area contributed by atoms with Crippen LogP contribution in [0.2, 0.25) is 0 Å². The highest BCUT2D eigenvalue weighted by Crippen LogP contribution is 2.42. The fraction of sp³-hybridized carbons (Fsp3) is 0.440.